The summed E-state index contributed by atoms with van der Waals surface area (Å²) in [6, 6.07) is 0. The minimum atomic E-state index is -0.397. The van der Waals surface area contributed by atoms with E-state index in [1.165, 1.54) is 25.7 Å². The van der Waals surface area contributed by atoms with Crippen LogP contribution in [0.3, 0.4) is 0 Å². The van der Waals surface area contributed by atoms with E-state index < -0.39 is 4.92 Å². The number of carbonyl (C=O) groups excluding carboxylic acids is 1. The highest BCUT2D eigenvalue weighted by molar-refractivity contribution is 5.95. The lowest BCUT2D eigenvalue weighted by molar-refractivity contribution is -0.422. The van der Waals surface area contributed by atoms with Crippen molar-refractivity contribution in [2.45, 2.75) is 90.3 Å². The molecule has 0 aromatic carbocycles. The summed E-state index contributed by atoms with van der Waals surface area (Å²) in [5.41, 5.74) is 0.844. The molecular weight excluding hydrogens is 342 g/mol. The number of rotatable bonds is 3. The van der Waals surface area contributed by atoms with Crippen LogP contribution < -0.4 is 0 Å². The van der Waals surface area contributed by atoms with Crippen molar-refractivity contribution in [3.05, 3.63) is 21.4 Å². The summed E-state index contributed by atoms with van der Waals surface area (Å²) in [4.78, 5) is 24.0. The monoisotopic (exact) mass is 373 g/mol. The van der Waals surface area contributed by atoms with Crippen LogP contribution in [0.5, 0.6) is 0 Å². The van der Waals surface area contributed by atoms with Gasteiger partial charge in [-0.3, -0.25) is 14.9 Å². The standard InChI is InChI=1S/C22H31NO4/c1-21-10-3-4-15(21)14-7-8-17-20(23(25)26)18(24)12-19(27-13-5-6-13)22(17,2)16(14)9-11-21/h13-16,19H,3-12H2,1-2H3/t14-,15-,16-,19?,21-,22+/m0/s1. The van der Waals surface area contributed by atoms with E-state index in [2.05, 4.69) is 13.8 Å². The summed E-state index contributed by atoms with van der Waals surface area (Å²) in [5, 5.41) is 11.8. The Labute approximate surface area is 161 Å². The van der Waals surface area contributed by atoms with Crippen LogP contribution in [0.4, 0.5) is 0 Å². The van der Waals surface area contributed by atoms with Gasteiger partial charge in [0.15, 0.2) is 0 Å². The van der Waals surface area contributed by atoms with Crippen molar-refractivity contribution in [2.75, 3.05) is 0 Å². The van der Waals surface area contributed by atoms with Crippen molar-refractivity contribution >= 4 is 5.78 Å². The summed E-state index contributed by atoms with van der Waals surface area (Å²) in [6.07, 6.45) is 10.4. The predicted octanol–water partition coefficient (Wildman–Crippen LogP) is 4.67. The lowest BCUT2D eigenvalue weighted by Crippen LogP contribution is -2.56. The van der Waals surface area contributed by atoms with Gasteiger partial charge in [-0.2, -0.15) is 0 Å². The zero-order valence-corrected chi connectivity index (χ0v) is 16.5. The Balaban J connectivity index is 1.59. The molecule has 4 fully saturated rings. The fourth-order valence-corrected chi connectivity index (χ4v) is 7.52. The molecule has 0 aliphatic heterocycles. The second kappa shape index (κ2) is 5.88. The molecule has 5 nitrogen and oxygen atoms in total. The highest BCUT2D eigenvalue weighted by atomic mass is 16.6. The molecule has 0 radical (unpaired) electrons. The van der Waals surface area contributed by atoms with Crippen molar-refractivity contribution in [1.82, 2.24) is 0 Å². The Morgan fingerprint density at radius 1 is 1.07 bits per heavy atom. The Morgan fingerprint density at radius 2 is 1.85 bits per heavy atom. The molecule has 0 aromatic rings. The first-order valence-electron chi connectivity index (χ1n) is 10.9. The number of hydrogen-bond donors (Lipinski definition) is 0. The number of ether oxygens (including phenoxy) is 1. The van der Waals surface area contributed by atoms with Gasteiger partial charge in [-0.05, 0) is 74.5 Å². The van der Waals surface area contributed by atoms with Crippen LogP contribution in [0.2, 0.25) is 0 Å². The Kier molecular flexibility index (Phi) is 3.89. The number of ketones is 1. The van der Waals surface area contributed by atoms with E-state index in [4.69, 9.17) is 4.74 Å². The minimum Gasteiger partial charge on any atom is -0.374 e. The number of nitro groups is 1. The smallest absolute Gasteiger partial charge is 0.311 e. The van der Waals surface area contributed by atoms with Gasteiger partial charge in [0.05, 0.1) is 17.1 Å². The van der Waals surface area contributed by atoms with Crippen molar-refractivity contribution in [1.29, 1.82) is 0 Å². The lowest BCUT2D eigenvalue weighted by Gasteiger charge is -2.58. The van der Waals surface area contributed by atoms with E-state index >= 15 is 0 Å². The second-order valence-corrected chi connectivity index (χ2v) is 10.3. The molecule has 0 N–H and O–H groups in total. The molecule has 0 amide bonds. The third-order valence-corrected chi connectivity index (χ3v) is 9.02. The van der Waals surface area contributed by atoms with Crippen molar-refractivity contribution in [3.8, 4) is 0 Å². The number of Topliss-reactive ketones (excluding diaryl/α,β-unsaturated/α-hetero) is 1. The number of nitrogens with zero attached hydrogens (tertiary/aromatic N) is 1. The largest absolute Gasteiger partial charge is 0.374 e. The molecule has 5 aliphatic rings. The average molecular weight is 373 g/mol. The zero-order valence-electron chi connectivity index (χ0n) is 16.5. The molecule has 0 aromatic heterocycles. The van der Waals surface area contributed by atoms with Crippen LogP contribution in [0.1, 0.15) is 78.1 Å². The van der Waals surface area contributed by atoms with E-state index in [1.807, 2.05) is 0 Å². The quantitative estimate of drug-likeness (QED) is 0.532. The maximum Gasteiger partial charge on any atom is 0.311 e. The Bertz CT molecular complexity index is 726. The first kappa shape index (κ1) is 17.8. The van der Waals surface area contributed by atoms with Gasteiger partial charge in [-0.25, -0.2) is 0 Å². The number of fused-ring (bicyclic) bond motifs is 5. The summed E-state index contributed by atoms with van der Waals surface area (Å²) < 4.78 is 6.38. The van der Waals surface area contributed by atoms with Gasteiger partial charge >= 0.3 is 5.70 Å². The third-order valence-electron chi connectivity index (χ3n) is 9.02. The molecule has 1 unspecified atom stereocenters. The summed E-state index contributed by atoms with van der Waals surface area (Å²) >= 11 is 0. The summed E-state index contributed by atoms with van der Waals surface area (Å²) in [5.74, 6) is 1.49. The topological polar surface area (TPSA) is 69.4 Å². The van der Waals surface area contributed by atoms with Crippen LogP contribution in [-0.2, 0) is 9.53 Å². The maximum atomic E-state index is 12.7. The fraction of sp³-hybridized carbons (Fsp3) is 0.864. The SMILES string of the molecule is C[C@@]12CCC[C@H]1[C@@H]1CCC3=C([N+](=O)[O-])C(=O)CC(OC4CC4)[C@]3(C)[C@H]1CC2. The maximum absolute atomic E-state index is 12.7. The molecule has 0 heterocycles. The van der Waals surface area contributed by atoms with Gasteiger partial charge in [-0.15, -0.1) is 0 Å². The van der Waals surface area contributed by atoms with Crippen molar-refractivity contribution < 1.29 is 14.5 Å². The first-order chi connectivity index (χ1) is 12.8. The van der Waals surface area contributed by atoms with Gasteiger partial charge in [0.1, 0.15) is 0 Å². The normalized spacial score (nSPS) is 46.7. The first-order valence-corrected chi connectivity index (χ1v) is 10.9. The Hall–Kier alpha value is -1.23. The molecule has 5 heteroatoms. The van der Waals surface area contributed by atoms with Crippen molar-refractivity contribution in [3.63, 3.8) is 0 Å². The van der Waals surface area contributed by atoms with E-state index in [0.29, 0.717) is 23.7 Å². The predicted molar refractivity (Wildman–Crippen MR) is 101 cm³/mol. The average Bonchev–Trinajstić information content (AvgIpc) is 3.33. The van der Waals surface area contributed by atoms with Gasteiger partial charge in [0.25, 0.3) is 0 Å². The zero-order chi connectivity index (χ0) is 19.0. The van der Waals surface area contributed by atoms with Crippen LogP contribution >= 0.6 is 0 Å². The van der Waals surface area contributed by atoms with Crippen LogP contribution in [0, 0.1) is 38.7 Å². The van der Waals surface area contributed by atoms with Crippen LogP contribution in [0.15, 0.2) is 11.3 Å². The van der Waals surface area contributed by atoms with E-state index in [1.54, 1.807) is 0 Å². The van der Waals surface area contributed by atoms with Gasteiger partial charge < -0.3 is 4.74 Å². The van der Waals surface area contributed by atoms with Gasteiger partial charge in [-0.1, -0.05) is 20.3 Å². The molecule has 148 valence electrons. The molecule has 0 bridgehead atoms. The molecule has 6 atom stereocenters. The molecule has 27 heavy (non-hydrogen) atoms. The molecule has 5 aliphatic carbocycles. The third kappa shape index (κ3) is 2.49. The fourth-order valence-electron chi connectivity index (χ4n) is 7.52. The molecule has 0 saturated heterocycles. The highest BCUT2D eigenvalue weighted by Crippen LogP contribution is 2.66. The number of carbonyl (C=O) groups is 1. The Morgan fingerprint density at radius 3 is 2.56 bits per heavy atom. The minimum absolute atomic E-state index is 0.0913. The molecule has 0 spiro atoms. The van der Waals surface area contributed by atoms with E-state index in [9.17, 15) is 14.9 Å². The molecule has 4 saturated carbocycles. The van der Waals surface area contributed by atoms with Gasteiger partial charge in [0, 0.05) is 17.4 Å². The molecular formula is C22H31NO4. The van der Waals surface area contributed by atoms with E-state index in [0.717, 1.165) is 37.2 Å². The highest BCUT2D eigenvalue weighted by Gasteiger charge is 2.62. The summed E-state index contributed by atoms with van der Waals surface area (Å²) in [6.45, 7) is 4.68. The van der Waals surface area contributed by atoms with Crippen LogP contribution in [0.25, 0.3) is 0 Å². The van der Waals surface area contributed by atoms with Crippen LogP contribution in [-0.4, -0.2) is 22.9 Å². The van der Waals surface area contributed by atoms with Crippen molar-refractivity contribution in [2.24, 2.45) is 28.6 Å². The lowest BCUT2D eigenvalue weighted by atomic mass is 9.46. The molecule has 5 rings (SSSR count). The van der Waals surface area contributed by atoms with E-state index in [-0.39, 0.29) is 35.5 Å². The second-order valence-electron chi connectivity index (χ2n) is 10.3. The summed E-state index contributed by atoms with van der Waals surface area (Å²) in [7, 11) is 0. The van der Waals surface area contributed by atoms with Gasteiger partial charge in [0.2, 0.25) is 5.78 Å². The number of hydrogen-bond acceptors (Lipinski definition) is 4.